The molecule has 0 atom stereocenters. The summed E-state index contributed by atoms with van der Waals surface area (Å²) < 4.78 is 24.6. The molecule has 0 spiro atoms. The van der Waals surface area contributed by atoms with Gasteiger partial charge in [0.05, 0.1) is 11.9 Å². The number of fused-ring (bicyclic) bond motifs is 1. The zero-order chi connectivity index (χ0) is 14.2. The van der Waals surface area contributed by atoms with Gasteiger partial charge in [-0.25, -0.2) is 18.4 Å². The first-order valence-electron chi connectivity index (χ1n) is 6.79. The summed E-state index contributed by atoms with van der Waals surface area (Å²) in [5.41, 5.74) is 2.27. The van der Waals surface area contributed by atoms with Gasteiger partial charge in [0.25, 0.3) is 0 Å². The topological polar surface area (TPSA) is 78.4 Å². The summed E-state index contributed by atoms with van der Waals surface area (Å²) in [4.78, 5) is 10.9. The van der Waals surface area contributed by atoms with Crippen molar-refractivity contribution >= 4 is 15.8 Å². The predicted molar refractivity (Wildman–Crippen MR) is 76.1 cm³/mol. The molecular formula is C12H19N5O2S. The van der Waals surface area contributed by atoms with Gasteiger partial charge in [-0.3, -0.25) is 0 Å². The molecule has 0 unspecified atom stereocenters. The Kier molecular flexibility index (Phi) is 3.61. The molecule has 1 N–H and O–H groups in total. The van der Waals surface area contributed by atoms with E-state index in [4.69, 9.17) is 0 Å². The SMILES string of the molecule is CS(=O)(=O)N1CCN(c2ncnc3c2CNCC3)CC1. The minimum atomic E-state index is -3.09. The van der Waals surface area contributed by atoms with Crippen LogP contribution in [0.2, 0.25) is 0 Å². The van der Waals surface area contributed by atoms with E-state index in [9.17, 15) is 8.42 Å². The van der Waals surface area contributed by atoms with Gasteiger partial charge >= 0.3 is 0 Å². The second-order valence-corrected chi connectivity index (χ2v) is 7.18. The Bertz CT molecular complexity index is 596. The van der Waals surface area contributed by atoms with Crippen molar-refractivity contribution in [2.45, 2.75) is 13.0 Å². The number of aromatic nitrogens is 2. The van der Waals surface area contributed by atoms with Crippen LogP contribution >= 0.6 is 0 Å². The van der Waals surface area contributed by atoms with Gasteiger partial charge in [-0.2, -0.15) is 4.31 Å². The Morgan fingerprint density at radius 2 is 1.95 bits per heavy atom. The van der Waals surface area contributed by atoms with E-state index in [1.807, 2.05) is 0 Å². The summed E-state index contributed by atoms with van der Waals surface area (Å²) in [7, 11) is -3.09. The molecule has 2 aliphatic rings. The zero-order valence-corrected chi connectivity index (χ0v) is 12.4. The number of hydrogen-bond donors (Lipinski definition) is 1. The molecule has 1 fully saturated rings. The molecular weight excluding hydrogens is 278 g/mol. The molecule has 8 heteroatoms. The van der Waals surface area contributed by atoms with Crippen LogP contribution in [0.25, 0.3) is 0 Å². The number of sulfonamides is 1. The van der Waals surface area contributed by atoms with Crippen LogP contribution < -0.4 is 10.2 Å². The molecule has 0 aliphatic carbocycles. The number of anilines is 1. The van der Waals surface area contributed by atoms with Crippen LogP contribution in [0.5, 0.6) is 0 Å². The number of rotatable bonds is 2. The molecule has 3 rings (SSSR count). The Balaban J connectivity index is 1.79. The lowest BCUT2D eigenvalue weighted by Gasteiger charge is -2.35. The molecule has 2 aliphatic heterocycles. The first-order valence-corrected chi connectivity index (χ1v) is 8.64. The van der Waals surface area contributed by atoms with Crippen molar-refractivity contribution in [3.63, 3.8) is 0 Å². The number of hydrogen-bond acceptors (Lipinski definition) is 6. The third-order valence-corrected chi connectivity index (χ3v) is 5.16. The van der Waals surface area contributed by atoms with E-state index in [2.05, 4.69) is 20.2 Å². The highest BCUT2D eigenvalue weighted by atomic mass is 32.2. The van der Waals surface area contributed by atoms with Crippen molar-refractivity contribution < 1.29 is 8.42 Å². The second kappa shape index (κ2) is 5.27. The molecule has 110 valence electrons. The highest BCUT2D eigenvalue weighted by Gasteiger charge is 2.26. The average Bonchev–Trinajstić information content (AvgIpc) is 2.46. The van der Waals surface area contributed by atoms with E-state index >= 15 is 0 Å². The molecule has 7 nitrogen and oxygen atoms in total. The fourth-order valence-electron chi connectivity index (χ4n) is 2.76. The molecule has 1 aromatic heterocycles. The lowest BCUT2D eigenvalue weighted by Crippen LogP contribution is -2.49. The third-order valence-electron chi connectivity index (χ3n) is 3.86. The molecule has 0 radical (unpaired) electrons. The monoisotopic (exact) mass is 297 g/mol. The molecule has 0 saturated carbocycles. The Morgan fingerprint density at radius 1 is 1.20 bits per heavy atom. The van der Waals surface area contributed by atoms with Crippen LogP contribution in [0, 0.1) is 0 Å². The molecule has 20 heavy (non-hydrogen) atoms. The fourth-order valence-corrected chi connectivity index (χ4v) is 3.59. The lowest BCUT2D eigenvalue weighted by molar-refractivity contribution is 0.386. The van der Waals surface area contributed by atoms with Crippen LogP contribution in [-0.4, -0.2) is 61.7 Å². The first kappa shape index (κ1) is 13.7. The smallest absolute Gasteiger partial charge is 0.211 e. The molecule has 0 bridgehead atoms. The van der Waals surface area contributed by atoms with Crippen LogP contribution in [0.4, 0.5) is 5.82 Å². The van der Waals surface area contributed by atoms with Gasteiger partial charge in [0.15, 0.2) is 0 Å². The number of nitrogens with one attached hydrogen (secondary N) is 1. The molecule has 1 aromatic rings. The minimum absolute atomic E-state index is 0.519. The van der Waals surface area contributed by atoms with E-state index < -0.39 is 10.0 Å². The van der Waals surface area contributed by atoms with E-state index in [1.165, 1.54) is 10.6 Å². The van der Waals surface area contributed by atoms with Crippen LogP contribution in [-0.2, 0) is 23.0 Å². The number of nitrogens with zero attached hydrogens (tertiary/aromatic N) is 4. The maximum atomic E-state index is 11.5. The van der Waals surface area contributed by atoms with Crippen molar-refractivity contribution in [3.05, 3.63) is 17.6 Å². The average molecular weight is 297 g/mol. The lowest BCUT2D eigenvalue weighted by atomic mass is 10.1. The summed E-state index contributed by atoms with van der Waals surface area (Å²) in [6.45, 7) is 4.13. The second-order valence-electron chi connectivity index (χ2n) is 5.20. The number of piperazine rings is 1. The zero-order valence-electron chi connectivity index (χ0n) is 11.5. The van der Waals surface area contributed by atoms with E-state index in [0.717, 1.165) is 36.6 Å². The predicted octanol–water partition coefficient (Wildman–Crippen LogP) is -0.796. The molecule has 0 amide bonds. The minimum Gasteiger partial charge on any atom is -0.354 e. The fraction of sp³-hybridized carbons (Fsp3) is 0.667. The van der Waals surface area contributed by atoms with Crippen molar-refractivity contribution in [2.24, 2.45) is 0 Å². The maximum absolute atomic E-state index is 11.5. The van der Waals surface area contributed by atoms with Gasteiger partial charge in [-0.1, -0.05) is 0 Å². The van der Waals surface area contributed by atoms with Crippen LogP contribution in [0.1, 0.15) is 11.3 Å². The van der Waals surface area contributed by atoms with Crippen molar-refractivity contribution in [1.29, 1.82) is 0 Å². The summed E-state index contributed by atoms with van der Waals surface area (Å²) in [6, 6.07) is 0. The Hall–Kier alpha value is -1.25. The summed E-state index contributed by atoms with van der Waals surface area (Å²) in [5, 5.41) is 3.34. The summed E-state index contributed by atoms with van der Waals surface area (Å²) in [5.74, 6) is 0.954. The van der Waals surface area contributed by atoms with Gasteiger partial charge in [-0.05, 0) is 0 Å². The highest BCUT2D eigenvalue weighted by molar-refractivity contribution is 7.88. The highest BCUT2D eigenvalue weighted by Crippen LogP contribution is 2.23. The van der Waals surface area contributed by atoms with E-state index in [0.29, 0.717) is 26.2 Å². The maximum Gasteiger partial charge on any atom is 0.211 e. The largest absolute Gasteiger partial charge is 0.354 e. The van der Waals surface area contributed by atoms with Crippen LogP contribution in [0.15, 0.2) is 6.33 Å². The van der Waals surface area contributed by atoms with Crippen molar-refractivity contribution in [1.82, 2.24) is 19.6 Å². The van der Waals surface area contributed by atoms with Crippen molar-refractivity contribution in [3.8, 4) is 0 Å². The Labute approximate surface area is 119 Å². The molecule has 0 aromatic carbocycles. The standard InChI is InChI=1S/C12H19N5O2S/c1-20(18,19)17-6-4-16(5-7-17)12-10-8-13-3-2-11(10)14-9-15-12/h9,13H,2-8H2,1H3. The molecule has 3 heterocycles. The van der Waals surface area contributed by atoms with Gasteiger partial charge in [0, 0.05) is 51.3 Å². The third kappa shape index (κ3) is 2.63. The van der Waals surface area contributed by atoms with E-state index in [-0.39, 0.29) is 0 Å². The normalized spacial score (nSPS) is 20.8. The van der Waals surface area contributed by atoms with E-state index in [1.54, 1.807) is 6.33 Å². The van der Waals surface area contributed by atoms with Gasteiger partial charge in [0.1, 0.15) is 12.1 Å². The summed E-state index contributed by atoms with van der Waals surface area (Å²) >= 11 is 0. The Morgan fingerprint density at radius 3 is 2.65 bits per heavy atom. The molecule has 1 saturated heterocycles. The summed E-state index contributed by atoms with van der Waals surface area (Å²) in [6.07, 6.45) is 3.80. The van der Waals surface area contributed by atoms with Crippen LogP contribution in [0.3, 0.4) is 0 Å². The first-order chi connectivity index (χ1) is 9.55. The van der Waals surface area contributed by atoms with Crippen molar-refractivity contribution in [2.75, 3.05) is 43.9 Å². The van der Waals surface area contributed by atoms with Gasteiger partial charge < -0.3 is 10.2 Å². The van der Waals surface area contributed by atoms with Gasteiger partial charge in [0.2, 0.25) is 10.0 Å². The quantitative estimate of drug-likeness (QED) is 0.770. The van der Waals surface area contributed by atoms with Gasteiger partial charge in [-0.15, -0.1) is 0 Å².